The molecule has 0 spiro atoms. The molecular weight excluding hydrogens is 568 g/mol. The summed E-state index contributed by atoms with van der Waals surface area (Å²) in [7, 11) is 0. The minimum atomic E-state index is -0.852. The summed E-state index contributed by atoms with van der Waals surface area (Å²) < 4.78 is 13.0. The van der Waals surface area contributed by atoms with Crippen LogP contribution >= 0.6 is 0 Å². The van der Waals surface area contributed by atoms with Crippen molar-refractivity contribution in [2.75, 3.05) is 6.61 Å². The van der Waals surface area contributed by atoms with Crippen molar-refractivity contribution >= 4 is 11.8 Å². The number of nitrogens with one attached hydrogen (secondary N) is 1. The molecule has 6 rings (SSSR count). The first-order valence-corrected chi connectivity index (χ1v) is 15.1. The second-order valence-electron chi connectivity index (χ2n) is 13.5. The number of carbonyl (C=O) groups is 2. The number of aryl methyl sites for hydroxylation is 1. The number of aromatic nitrogens is 2. The molecule has 0 amide bonds. The van der Waals surface area contributed by atoms with Gasteiger partial charge in [-0.3, -0.25) is 23.9 Å². The number of esters is 1. The van der Waals surface area contributed by atoms with Crippen molar-refractivity contribution in [3.63, 3.8) is 0 Å². The van der Waals surface area contributed by atoms with E-state index >= 15 is 0 Å². The normalized spacial score (nSPS) is 40.6. The Kier molecular flexibility index (Phi) is 7.43. The Morgan fingerprint density at radius 1 is 1.34 bits per heavy atom. The molecule has 11 atom stereocenters. The average Bonchev–Trinajstić information content (AvgIpc) is 3.51. The molecule has 0 radical (unpaired) electrons. The molecule has 13 heteroatoms. The zero-order valence-electron chi connectivity index (χ0n) is 24.9. The third kappa shape index (κ3) is 4.64. The Morgan fingerprint density at radius 2 is 2.11 bits per heavy atom. The highest BCUT2D eigenvalue weighted by Gasteiger charge is 2.65. The number of carbonyl (C=O) groups excluding carboxylic acids is 2. The van der Waals surface area contributed by atoms with E-state index in [1.165, 1.54) is 10.8 Å². The molecule has 4 aliphatic carbocycles. The number of H-pyrrole nitrogens is 1. The fourth-order valence-electron chi connectivity index (χ4n) is 9.21. The summed E-state index contributed by atoms with van der Waals surface area (Å²) in [4.78, 5) is 55.3. The van der Waals surface area contributed by atoms with Gasteiger partial charge in [-0.15, -0.1) is 0 Å². The lowest BCUT2D eigenvalue weighted by atomic mass is 9.47. The van der Waals surface area contributed by atoms with Crippen LogP contribution in [0, 0.1) is 58.7 Å². The topological polar surface area (TPSA) is 200 Å². The molecule has 1 saturated heterocycles. The Balaban J connectivity index is 1.21. The highest BCUT2D eigenvalue weighted by molar-refractivity contribution is 6.01. The van der Waals surface area contributed by atoms with Gasteiger partial charge in [-0.2, -0.15) is 5.26 Å². The summed E-state index contributed by atoms with van der Waals surface area (Å²) in [5.74, 6) is -2.06. The van der Waals surface area contributed by atoms with E-state index < -0.39 is 64.4 Å². The van der Waals surface area contributed by atoms with Gasteiger partial charge < -0.3 is 14.6 Å². The zero-order chi connectivity index (χ0) is 31.6. The van der Waals surface area contributed by atoms with E-state index in [0.717, 1.165) is 18.4 Å². The molecule has 7 unspecified atom stereocenters. The number of ether oxygens (including phenoxy) is 2. The van der Waals surface area contributed by atoms with Crippen LogP contribution in [0.4, 0.5) is 0 Å². The minimum Gasteiger partial charge on any atom is -0.463 e. The van der Waals surface area contributed by atoms with Crippen LogP contribution in [0.5, 0.6) is 0 Å². The number of aliphatic hydroxyl groups is 1. The van der Waals surface area contributed by atoms with Gasteiger partial charge in [-0.1, -0.05) is 30.6 Å². The molecule has 5 aliphatic rings. The van der Waals surface area contributed by atoms with Gasteiger partial charge in [0.25, 0.3) is 5.56 Å². The quantitative estimate of drug-likeness (QED) is 0.221. The van der Waals surface area contributed by atoms with Gasteiger partial charge >= 0.3 is 11.7 Å². The number of ketones is 1. The van der Waals surface area contributed by atoms with Crippen LogP contribution in [0.2, 0.25) is 0 Å². The predicted octanol–water partition coefficient (Wildman–Crippen LogP) is 3.00. The number of rotatable bonds is 5. The van der Waals surface area contributed by atoms with Crippen molar-refractivity contribution in [2.24, 2.45) is 45.5 Å². The fourth-order valence-corrected chi connectivity index (χ4v) is 9.21. The molecule has 0 aromatic carbocycles. The summed E-state index contributed by atoms with van der Waals surface area (Å²) in [6.07, 6.45) is 6.57. The smallest absolute Gasteiger partial charge is 0.330 e. The number of fused-ring (bicyclic) bond motifs is 5. The lowest BCUT2D eigenvalue weighted by Crippen LogP contribution is -2.56. The van der Waals surface area contributed by atoms with Crippen LogP contribution in [0.3, 0.4) is 0 Å². The zero-order valence-corrected chi connectivity index (χ0v) is 24.9. The van der Waals surface area contributed by atoms with Gasteiger partial charge in [0.05, 0.1) is 30.1 Å². The number of hydrogen-bond donors (Lipinski definition) is 2. The fraction of sp³-hybridized carbons (Fsp3) is 0.645. The number of nitriles is 1. The number of nitrogens with zero attached hydrogens (tertiary/aromatic N) is 5. The highest BCUT2D eigenvalue weighted by Crippen LogP contribution is 2.67. The van der Waals surface area contributed by atoms with E-state index in [1.807, 2.05) is 13.0 Å². The molecule has 4 fully saturated rings. The monoisotopic (exact) mass is 604 g/mol. The van der Waals surface area contributed by atoms with Crippen LogP contribution in [0.25, 0.3) is 10.4 Å². The van der Waals surface area contributed by atoms with Gasteiger partial charge in [0.1, 0.15) is 18.9 Å². The summed E-state index contributed by atoms with van der Waals surface area (Å²) in [6.45, 7) is 5.34. The van der Waals surface area contributed by atoms with Crippen molar-refractivity contribution in [1.29, 1.82) is 5.26 Å². The Morgan fingerprint density at radius 3 is 2.84 bits per heavy atom. The molecular formula is C31H36N6O7. The molecule has 0 bridgehead atoms. The van der Waals surface area contributed by atoms with E-state index in [0.29, 0.717) is 18.4 Å². The first-order valence-electron chi connectivity index (χ1n) is 15.1. The van der Waals surface area contributed by atoms with E-state index in [-0.39, 0.29) is 36.6 Å². The molecule has 232 valence electrons. The Bertz CT molecular complexity index is 1670. The number of aliphatic hydroxyl groups excluding tert-OH is 1. The minimum absolute atomic E-state index is 0.000836. The van der Waals surface area contributed by atoms with Crippen LogP contribution in [-0.4, -0.2) is 51.3 Å². The third-order valence-electron chi connectivity index (χ3n) is 11.2. The maximum Gasteiger partial charge on any atom is 0.330 e. The maximum atomic E-state index is 13.8. The van der Waals surface area contributed by atoms with Crippen molar-refractivity contribution in [3.05, 3.63) is 66.8 Å². The van der Waals surface area contributed by atoms with Crippen molar-refractivity contribution in [3.8, 4) is 6.07 Å². The molecule has 3 saturated carbocycles. The van der Waals surface area contributed by atoms with E-state index in [4.69, 9.17) is 15.0 Å². The van der Waals surface area contributed by atoms with E-state index in [1.54, 1.807) is 19.1 Å². The van der Waals surface area contributed by atoms with Gasteiger partial charge in [-0.25, -0.2) is 4.79 Å². The van der Waals surface area contributed by atoms with Crippen LogP contribution in [-0.2, 0) is 19.1 Å². The average molecular weight is 605 g/mol. The van der Waals surface area contributed by atoms with Gasteiger partial charge in [0.2, 0.25) is 0 Å². The summed E-state index contributed by atoms with van der Waals surface area (Å²) in [5.41, 5.74) is 8.14. The largest absolute Gasteiger partial charge is 0.463 e. The SMILES string of the molecule is Cc1cn([C@H]2C[C@H](N=[N+]=[N-])[C@@H](COC(=O)[C@H]3C(C#N)CC4C5CCC6=CC(=O)C=CC6(C)C5C(O)CC43C)O2)c(=O)[nH]c1=O. The lowest BCUT2D eigenvalue weighted by molar-refractivity contribution is -0.166. The van der Waals surface area contributed by atoms with Crippen molar-refractivity contribution in [2.45, 2.75) is 77.4 Å². The molecule has 13 nitrogen and oxygen atoms in total. The molecule has 2 N–H and O–H groups in total. The first-order chi connectivity index (χ1) is 20.9. The Hall–Kier alpha value is -3.98. The number of aromatic amines is 1. The van der Waals surface area contributed by atoms with Crippen molar-refractivity contribution in [1.82, 2.24) is 9.55 Å². The van der Waals surface area contributed by atoms with Crippen LogP contribution < -0.4 is 11.2 Å². The van der Waals surface area contributed by atoms with Gasteiger partial charge in [0.15, 0.2) is 5.78 Å². The Labute approximate surface area is 253 Å². The van der Waals surface area contributed by atoms with Gasteiger partial charge in [0, 0.05) is 34.4 Å². The number of azide groups is 1. The molecule has 1 aliphatic heterocycles. The van der Waals surface area contributed by atoms with Crippen molar-refractivity contribution < 1.29 is 24.2 Å². The number of hydrogen-bond acceptors (Lipinski definition) is 9. The van der Waals surface area contributed by atoms with E-state index in [2.05, 4.69) is 28.0 Å². The molecule has 1 aromatic rings. The summed E-state index contributed by atoms with van der Waals surface area (Å²) in [6, 6.07) is 1.60. The standard InChI is InChI=1S/C31H36N6O7/c1-15-13-37(29(42)34-27(15)40)24-10-21(35-36-33)23(44-24)14-43-28(41)25-16(12-32)8-20-19-5-4-17-9-18(38)6-7-30(17,2)26(19)22(39)11-31(20,25)3/h6-7,9,13,16,19-26,39H,4-5,8,10-11,14H2,1-3H3,(H,34,40,42)/t16?,19?,20?,21-,22?,23+,24+,25+,26?,30?,31?/m0/s1. The maximum absolute atomic E-state index is 13.8. The third-order valence-corrected chi connectivity index (χ3v) is 11.2. The van der Waals surface area contributed by atoms with E-state index in [9.17, 15) is 29.5 Å². The lowest BCUT2D eigenvalue weighted by Gasteiger charge is -2.58. The van der Waals surface area contributed by atoms with Gasteiger partial charge in [-0.05, 0) is 67.5 Å². The second-order valence-corrected chi connectivity index (χ2v) is 13.5. The molecule has 44 heavy (non-hydrogen) atoms. The number of allylic oxidation sites excluding steroid dienone is 4. The van der Waals surface area contributed by atoms with Crippen LogP contribution in [0.1, 0.15) is 57.7 Å². The first kappa shape index (κ1) is 30.1. The molecule has 1 aromatic heterocycles. The highest BCUT2D eigenvalue weighted by atomic mass is 16.6. The predicted molar refractivity (Wildman–Crippen MR) is 154 cm³/mol. The summed E-state index contributed by atoms with van der Waals surface area (Å²) >= 11 is 0. The molecule has 2 heterocycles. The second kappa shape index (κ2) is 10.9. The summed E-state index contributed by atoms with van der Waals surface area (Å²) in [5, 5.41) is 25.6. The van der Waals surface area contributed by atoms with Crippen LogP contribution in [0.15, 0.2) is 44.7 Å².